The van der Waals surface area contributed by atoms with Crippen LogP contribution in [0.5, 0.6) is 0 Å². The monoisotopic (exact) mass is 369 g/mol. The number of nitrogens with zero attached hydrogens (tertiary/aromatic N) is 1. The number of carbonyl (C=O) groups is 1. The Hall–Kier alpha value is -2.47. The van der Waals surface area contributed by atoms with E-state index in [-0.39, 0.29) is 17.8 Å². The Morgan fingerprint density at radius 1 is 1.31 bits per heavy atom. The highest BCUT2D eigenvalue weighted by molar-refractivity contribution is 7.21. The molecule has 2 aromatic heterocycles. The number of hydrogen-bond donors (Lipinski definition) is 2. The van der Waals surface area contributed by atoms with Crippen LogP contribution in [0.25, 0.3) is 10.2 Å². The Labute approximate surface area is 155 Å². The number of halogens is 1. The number of hydrogen-bond acceptors (Lipinski definition) is 4. The van der Waals surface area contributed by atoms with Crippen molar-refractivity contribution in [2.75, 3.05) is 5.73 Å². The van der Waals surface area contributed by atoms with Gasteiger partial charge in [-0.1, -0.05) is 12.1 Å². The SMILES string of the molecule is Cc1ccc2c(N)c(C(=O)N[C@H]3CCc4c(ccc(C)c4F)C3)sc2n1. The van der Waals surface area contributed by atoms with E-state index >= 15 is 0 Å². The molecule has 1 atom stereocenters. The smallest absolute Gasteiger partial charge is 0.263 e. The van der Waals surface area contributed by atoms with Crippen molar-refractivity contribution in [3.8, 4) is 0 Å². The summed E-state index contributed by atoms with van der Waals surface area (Å²) in [6.07, 6.45) is 2.00. The van der Waals surface area contributed by atoms with E-state index in [1.54, 1.807) is 13.0 Å². The van der Waals surface area contributed by atoms with Crippen LogP contribution in [-0.4, -0.2) is 16.9 Å². The van der Waals surface area contributed by atoms with Crippen LogP contribution in [-0.2, 0) is 12.8 Å². The lowest BCUT2D eigenvalue weighted by Gasteiger charge is -2.26. The summed E-state index contributed by atoms with van der Waals surface area (Å²) in [5.74, 6) is -0.286. The average Bonchev–Trinajstić information content (AvgIpc) is 2.94. The predicted molar refractivity (Wildman–Crippen MR) is 103 cm³/mol. The summed E-state index contributed by atoms with van der Waals surface area (Å²) in [6.45, 7) is 3.69. The van der Waals surface area contributed by atoms with Gasteiger partial charge in [-0.05, 0) is 61.9 Å². The fourth-order valence-electron chi connectivity index (χ4n) is 3.56. The first-order valence-corrected chi connectivity index (χ1v) is 9.49. The van der Waals surface area contributed by atoms with Gasteiger partial charge in [-0.3, -0.25) is 4.79 Å². The van der Waals surface area contributed by atoms with Crippen LogP contribution >= 0.6 is 11.3 Å². The van der Waals surface area contributed by atoms with Crippen LogP contribution in [0.3, 0.4) is 0 Å². The summed E-state index contributed by atoms with van der Waals surface area (Å²) in [7, 11) is 0. The minimum Gasteiger partial charge on any atom is -0.397 e. The molecule has 1 aliphatic rings. The zero-order valence-corrected chi connectivity index (χ0v) is 15.5. The van der Waals surface area contributed by atoms with E-state index < -0.39 is 0 Å². The molecule has 0 bridgehead atoms. The van der Waals surface area contributed by atoms with E-state index in [0.717, 1.165) is 33.5 Å². The number of pyridine rings is 1. The molecule has 4 rings (SSSR count). The maximum atomic E-state index is 14.2. The Morgan fingerprint density at radius 3 is 2.92 bits per heavy atom. The molecular formula is C20H20FN3OS. The standard InChI is InChI=1S/C20H20FN3OS/c1-10-3-5-12-9-13(6-8-14(12)16(10)21)24-19(25)18-17(22)15-7-4-11(2)23-20(15)26-18/h3-5,7,13H,6,8-9,22H2,1-2H3,(H,24,25)/t13-/m0/s1. The third-order valence-corrected chi connectivity index (χ3v) is 6.13. The van der Waals surface area contributed by atoms with Crippen molar-refractivity contribution in [1.82, 2.24) is 10.3 Å². The number of amides is 1. The molecule has 1 aliphatic carbocycles. The van der Waals surface area contributed by atoms with Crippen molar-refractivity contribution in [2.24, 2.45) is 0 Å². The fraction of sp³-hybridized carbons (Fsp3) is 0.300. The maximum absolute atomic E-state index is 14.2. The topological polar surface area (TPSA) is 68.0 Å². The van der Waals surface area contributed by atoms with E-state index in [1.807, 2.05) is 25.1 Å². The van der Waals surface area contributed by atoms with Gasteiger partial charge in [0.2, 0.25) is 0 Å². The second-order valence-corrected chi connectivity index (χ2v) is 7.90. The lowest BCUT2D eigenvalue weighted by Crippen LogP contribution is -2.39. The summed E-state index contributed by atoms with van der Waals surface area (Å²) in [5.41, 5.74) is 9.98. The number of fused-ring (bicyclic) bond motifs is 2. The van der Waals surface area contributed by atoms with Crippen LogP contribution in [0, 0.1) is 19.7 Å². The summed E-state index contributed by atoms with van der Waals surface area (Å²) in [4.78, 5) is 18.5. The summed E-state index contributed by atoms with van der Waals surface area (Å²) in [6, 6.07) is 7.55. The summed E-state index contributed by atoms with van der Waals surface area (Å²) >= 11 is 1.32. The molecule has 2 heterocycles. The van der Waals surface area contributed by atoms with Gasteiger partial charge in [0, 0.05) is 17.1 Å². The number of nitrogens with two attached hydrogens (primary N) is 1. The highest BCUT2D eigenvalue weighted by atomic mass is 32.1. The number of aryl methyl sites for hydroxylation is 2. The third-order valence-electron chi connectivity index (χ3n) is 5.02. The molecule has 1 amide bonds. The molecule has 3 N–H and O–H groups in total. The molecule has 0 radical (unpaired) electrons. The van der Waals surface area contributed by atoms with Crippen LogP contribution in [0.15, 0.2) is 24.3 Å². The maximum Gasteiger partial charge on any atom is 0.263 e. The number of benzene rings is 1. The Kier molecular flexibility index (Phi) is 4.15. The van der Waals surface area contributed by atoms with Crippen LogP contribution in [0.2, 0.25) is 0 Å². The highest BCUT2D eigenvalue weighted by Crippen LogP contribution is 2.33. The first kappa shape index (κ1) is 17.0. The Morgan fingerprint density at radius 2 is 2.12 bits per heavy atom. The van der Waals surface area contributed by atoms with Crippen LogP contribution < -0.4 is 11.1 Å². The molecule has 0 saturated heterocycles. The van der Waals surface area contributed by atoms with Gasteiger partial charge in [-0.2, -0.15) is 0 Å². The number of thiophene rings is 1. The lowest BCUT2D eigenvalue weighted by molar-refractivity contribution is 0.0938. The quantitative estimate of drug-likeness (QED) is 0.719. The van der Waals surface area contributed by atoms with Crippen molar-refractivity contribution in [3.05, 3.63) is 57.3 Å². The first-order valence-electron chi connectivity index (χ1n) is 8.67. The van der Waals surface area contributed by atoms with Crippen molar-refractivity contribution in [3.63, 3.8) is 0 Å². The van der Waals surface area contributed by atoms with Crippen molar-refractivity contribution < 1.29 is 9.18 Å². The summed E-state index contributed by atoms with van der Waals surface area (Å²) < 4.78 is 14.2. The van der Waals surface area contributed by atoms with Crippen LogP contribution in [0.1, 0.15) is 38.5 Å². The molecule has 0 fully saturated rings. The van der Waals surface area contributed by atoms with E-state index in [9.17, 15) is 9.18 Å². The largest absolute Gasteiger partial charge is 0.397 e. The second-order valence-electron chi connectivity index (χ2n) is 6.90. The fourth-order valence-corrected chi connectivity index (χ4v) is 4.60. The van der Waals surface area contributed by atoms with Crippen molar-refractivity contribution >= 4 is 33.1 Å². The van der Waals surface area contributed by atoms with Gasteiger partial charge in [0.15, 0.2) is 0 Å². The molecule has 0 saturated carbocycles. The molecule has 6 heteroatoms. The minimum absolute atomic E-state index is 0.0172. The Bertz CT molecular complexity index is 1030. The molecule has 0 aliphatic heterocycles. The van der Waals surface area contributed by atoms with Crippen molar-refractivity contribution in [1.29, 1.82) is 0 Å². The average molecular weight is 369 g/mol. The van der Waals surface area contributed by atoms with E-state index in [4.69, 9.17) is 5.73 Å². The number of rotatable bonds is 2. The predicted octanol–water partition coefficient (Wildman–Crippen LogP) is 3.92. The molecule has 0 unspecified atom stereocenters. The molecule has 1 aromatic carbocycles. The molecule has 4 nitrogen and oxygen atoms in total. The third kappa shape index (κ3) is 2.84. The number of carbonyl (C=O) groups excluding carboxylic acids is 1. The molecule has 134 valence electrons. The summed E-state index contributed by atoms with van der Waals surface area (Å²) in [5, 5.41) is 3.88. The first-order chi connectivity index (χ1) is 12.4. The highest BCUT2D eigenvalue weighted by Gasteiger charge is 2.25. The van der Waals surface area contributed by atoms with Crippen LogP contribution in [0.4, 0.5) is 10.1 Å². The molecule has 3 aromatic rings. The van der Waals surface area contributed by atoms with Gasteiger partial charge in [-0.25, -0.2) is 9.37 Å². The van der Waals surface area contributed by atoms with Gasteiger partial charge in [0.05, 0.1) is 5.69 Å². The zero-order valence-electron chi connectivity index (χ0n) is 14.7. The van der Waals surface area contributed by atoms with Gasteiger partial charge in [0.1, 0.15) is 15.5 Å². The second kappa shape index (κ2) is 6.36. The number of aromatic nitrogens is 1. The van der Waals surface area contributed by atoms with Crippen molar-refractivity contribution in [2.45, 2.75) is 39.2 Å². The van der Waals surface area contributed by atoms with Gasteiger partial charge in [-0.15, -0.1) is 11.3 Å². The number of anilines is 1. The van der Waals surface area contributed by atoms with Gasteiger partial charge < -0.3 is 11.1 Å². The Balaban J connectivity index is 1.56. The number of nitrogens with one attached hydrogen (secondary N) is 1. The van der Waals surface area contributed by atoms with E-state index in [0.29, 0.717) is 29.0 Å². The normalized spacial score (nSPS) is 16.5. The number of nitrogen functional groups attached to an aromatic ring is 1. The van der Waals surface area contributed by atoms with E-state index in [1.165, 1.54) is 11.3 Å². The molecule has 26 heavy (non-hydrogen) atoms. The van der Waals surface area contributed by atoms with E-state index in [2.05, 4.69) is 10.3 Å². The minimum atomic E-state index is -0.177. The van der Waals surface area contributed by atoms with Gasteiger partial charge in [0.25, 0.3) is 5.91 Å². The molecular weight excluding hydrogens is 349 g/mol. The lowest BCUT2D eigenvalue weighted by atomic mass is 9.87. The zero-order chi connectivity index (χ0) is 18.4. The van der Waals surface area contributed by atoms with Gasteiger partial charge >= 0.3 is 0 Å². The molecule has 0 spiro atoms.